The SMILES string of the molecule is COC(=O)c1cc(CNC(=O)C(c2ccccc2)c2ccccc2)ccc1OC. The van der Waals surface area contributed by atoms with Crippen molar-refractivity contribution >= 4 is 11.9 Å². The van der Waals surface area contributed by atoms with E-state index in [1.54, 1.807) is 12.1 Å². The van der Waals surface area contributed by atoms with Crippen LogP contribution in [0.5, 0.6) is 5.75 Å². The molecule has 3 aromatic carbocycles. The molecule has 29 heavy (non-hydrogen) atoms. The number of esters is 1. The molecule has 0 saturated heterocycles. The first kappa shape index (κ1) is 20.1. The highest BCUT2D eigenvalue weighted by Crippen LogP contribution is 2.25. The van der Waals surface area contributed by atoms with E-state index >= 15 is 0 Å². The molecule has 0 saturated carbocycles. The maximum atomic E-state index is 13.1. The first-order valence-corrected chi connectivity index (χ1v) is 9.27. The highest BCUT2D eigenvalue weighted by molar-refractivity contribution is 5.92. The third-order valence-corrected chi connectivity index (χ3v) is 4.66. The standard InChI is InChI=1S/C24H23NO4/c1-28-21-14-13-17(15-20(21)24(27)29-2)16-25-23(26)22(18-9-5-3-6-10-18)19-11-7-4-8-12-19/h3-15,22H,16H2,1-2H3,(H,25,26). The van der Waals surface area contributed by atoms with Crippen LogP contribution in [-0.2, 0) is 16.1 Å². The number of rotatable bonds is 7. The third kappa shape index (κ3) is 4.82. The molecule has 0 aliphatic rings. The van der Waals surface area contributed by atoms with Gasteiger partial charge in [0.05, 0.1) is 20.1 Å². The summed E-state index contributed by atoms with van der Waals surface area (Å²) in [7, 11) is 2.81. The second-order valence-corrected chi connectivity index (χ2v) is 6.50. The molecule has 0 atom stereocenters. The summed E-state index contributed by atoms with van der Waals surface area (Å²) in [5.74, 6) is -0.589. The van der Waals surface area contributed by atoms with Crippen LogP contribution in [0.4, 0.5) is 0 Å². The molecule has 1 N–H and O–H groups in total. The number of carbonyl (C=O) groups is 2. The fourth-order valence-corrected chi connectivity index (χ4v) is 3.21. The molecule has 0 aliphatic carbocycles. The van der Waals surface area contributed by atoms with Crippen molar-refractivity contribution in [2.75, 3.05) is 14.2 Å². The number of carbonyl (C=O) groups excluding carboxylic acids is 2. The lowest BCUT2D eigenvalue weighted by molar-refractivity contribution is -0.121. The summed E-state index contributed by atoms with van der Waals surface area (Å²) in [6, 6.07) is 24.5. The lowest BCUT2D eigenvalue weighted by Gasteiger charge is -2.18. The molecule has 5 heteroatoms. The zero-order chi connectivity index (χ0) is 20.6. The Morgan fingerprint density at radius 3 is 1.97 bits per heavy atom. The minimum atomic E-state index is -0.485. The molecule has 0 radical (unpaired) electrons. The maximum absolute atomic E-state index is 13.1. The fourth-order valence-electron chi connectivity index (χ4n) is 3.21. The fraction of sp³-hybridized carbons (Fsp3) is 0.167. The van der Waals surface area contributed by atoms with Crippen LogP contribution in [-0.4, -0.2) is 26.1 Å². The molecule has 0 aliphatic heterocycles. The average Bonchev–Trinajstić information content (AvgIpc) is 2.78. The minimum absolute atomic E-state index is 0.113. The summed E-state index contributed by atoms with van der Waals surface area (Å²) in [4.78, 5) is 25.1. The molecule has 5 nitrogen and oxygen atoms in total. The number of amides is 1. The lowest BCUT2D eigenvalue weighted by atomic mass is 9.90. The zero-order valence-electron chi connectivity index (χ0n) is 16.4. The monoisotopic (exact) mass is 389 g/mol. The second kappa shape index (κ2) is 9.55. The predicted octanol–water partition coefficient (Wildman–Crippen LogP) is 3.93. The summed E-state index contributed by atoms with van der Waals surface area (Å²) in [5, 5.41) is 2.99. The average molecular weight is 389 g/mol. The summed E-state index contributed by atoms with van der Waals surface area (Å²) in [5.41, 5.74) is 2.94. The normalized spacial score (nSPS) is 10.4. The van der Waals surface area contributed by atoms with Crippen LogP contribution in [0.25, 0.3) is 0 Å². The molecule has 148 valence electrons. The van der Waals surface area contributed by atoms with Gasteiger partial charge in [-0.1, -0.05) is 66.7 Å². The minimum Gasteiger partial charge on any atom is -0.496 e. The Kier molecular flexibility index (Phi) is 6.63. The molecular weight excluding hydrogens is 366 g/mol. The zero-order valence-corrected chi connectivity index (χ0v) is 16.4. The van der Waals surface area contributed by atoms with E-state index in [1.165, 1.54) is 14.2 Å². The van der Waals surface area contributed by atoms with Crippen LogP contribution in [0.15, 0.2) is 78.9 Å². The second-order valence-electron chi connectivity index (χ2n) is 6.50. The van der Waals surface area contributed by atoms with Gasteiger partial charge in [-0.05, 0) is 28.8 Å². The summed E-state index contributed by atoms with van der Waals surface area (Å²) >= 11 is 0. The van der Waals surface area contributed by atoms with E-state index in [2.05, 4.69) is 5.32 Å². The third-order valence-electron chi connectivity index (χ3n) is 4.66. The molecule has 0 unspecified atom stereocenters. The first-order chi connectivity index (χ1) is 14.1. The number of methoxy groups -OCH3 is 2. The van der Waals surface area contributed by atoms with Crippen molar-refractivity contribution in [1.29, 1.82) is 0 Å². The highest BCUT2D eigenvalue weighted by Gasteiger charge is 2.22. The molecule has 3 rings (SSSR count). The van der Waals surface area contributed by atoms with Crippen LogP contribution in [0.3, 0.4) is 0 Å². The Bertz CT molecular complexity index is 931. The van der Waals surface area contributed by atoms with Gasteiger partial charge in [-0.15, -0.1) is 0 Å². The molecule has 0 heterocycles. The van der Waals surface area contributed by atoms with E-state index < -0.39 is 11.9 Å². The van der Waals surface area contributed by atoms with Gasteiger partial charge in [0.2, 0.25) is 5.91 Å². The molecule has 0 fully saturated rings. The molecule has 3 aromatic rings. The summed E-state index contributed by atoms with van der Waals surface area (Å²) < 4.78 is 10.0. The Morgan fingerprint density at radius 1 is 0.862 bits per heavy atom. The van der Waals surface area contributed by atoms with Crippen LogP contribution in [0.1, 0.15) is 33.0 Å². The van der Waals surface area contributed by atoms with Crippen molar-refractivity contribution < 1.29 is 19.1 Å². The number of hydrogen-bond donors (Lipinski definition) is 1. The van der Waals surface area contributed by atoms with Crippen molar-refractivity contribution in [3.63, 3.8) is 0 Å². The van der Waals surface area contributed by atoms with Gasteiger partial charge >= 0.3 is 5.97 Å². The van der Waals surface area contributed by atoms with E-state index in [0.717, 1.165) is 16.7 Å². The maximum Gasteiger partial charge on any atom is 0.341 e. The quantitative estimate of drug-likeness (QED) is 0.622. The number of nitrogens with one attached hydrogen (secondary N) is 1. The van der Waals surface area contributed by atoms with E-state index in [4.69, 9.17) is 9.47 Å². The van der Waals surface area contributed by atoms with Gasteiger partial charge in [0.25, 0.3) is 0 Å². The Hall–Kier alpha value is -3.60. The van der Waals surface area contributed by atoms with E-state index in [-0.39, 0.29) is 12.5 Å². The van der Waals surface area contributed by atoms with Gasteiger partial charge in [0.15, 0.2) is 0 Å². The van der Waals surface area contributed by atoms with Crippen LogP contribution in [0, 0.1) is 0 Å². The molecule has 0 aromatic heterocycles. The first-order valence-electron chi connectivity index (χ1n) is 9.27. The topological polar surface area (TPSA) is 64.6 Å². The molecular formula is C24H23NO4. The predicted molar refractivity (Wildman–Crippen MR) is 111 cm³/mol. The number of hydrogen-bond acceptors (Lipinski definition) is 4. The Labute approximate surface area is 170 Å². The van der Waals surface area contributed by atoms with Gasteiger partial charge in [-0.3, -0.25) is 4.79 Å². The van der Waals surface area contributed by atoms with Crippen LogP contribution >= 0.6 is 0 Å². The highest BCUT2D eigenvalue weighted by atomic mass is 16.5. The summed E-state index contributed by atoms with van der Waals surface area (Å²) in [6.45, 7) is 0.281. The van der Waals surface area contributed by atoms with Crippen molar-refractivity contribution in [1.82, 2.24) is 5.32 Å². The van der Waals surface area contributed by atoms with Gasteiger partial charge in [-0.2, -0.15) is 0 Å². The van der Waals surface area contributed by atoms with E-state index in [0.29, 0.717) is 11.3 Å². The number of ether oxygens (including phenoxy) is 2. The van der Waals surface area contributed by atoms with Gasteiger partial charge < -0.3 is 14.8 Å². The van der Waals surface area contributed by atoms with E-state index in [9.17, 15) is 9.59 Å². The molecule has 0 bridgehead atoms. The van der Waals surface area contributed by atoms with Gasteiger partial charge in [-0.25, -0.2) is 4.79 Å². The van der Waals surface area contributed by atoms with Gasteiger partial charge in [0, 0.05) is 6.54 Å². The molecule has 1 amide bonds. The Morgan fingerprint density at radius 2 is 1.45 bits per heavy atom. The van der Waals surface area contributed by atoms with Crippen molar-refractivity contribution in [2.45, 2.75) is 12.5 Å². The van der Waals surface area contributed by atoms with Crippen LogP contribution in [0.2, 0.25) is 0 Å². The number of benzene rings is 3. The lowest BCUT2D eigenvalue weighted by Crippen LogP contribution is -2.29. The van der Waals surface area contributed by atoms with Crippen molar-refractivity contribution in [3.05, 3.63) is 101 Å². The smallest absolute Gasteiger partial charge is 0.341 e. The van der Waals surface area contributed by atoms with Crippen molar-refractivity contribution in [2.24, 2.45) is 0 Å². The molecule has 0 spiro atoms. The van der Waals surface area contributed by atoms with Crippen molar-refractivity contribution in [3.8, 4) is 5.75 Å². The van der Waals surface area contributed by atoms with Gasteiger partial charge in [0.1, 0.15) is 11.3 Å². The van der Waals surface area contributed by atoms with E-state index in [1.807, 2.05) is 66.7 Å². The van der Waals surface area contributed by atoms with Crippen LogP contribution < -0.4 is 10.1 Å². The summed E-state index contributed by atoms with van der Waals surface area (Å²) in [6.07, 6.45) is 0. The largest absolute Gasteiger partial charge is 0.496 e. The Balaban J connectivity index is 1.82.